The summed E-state index contributed by atoms with van der Waals surface area (Å²) in [7, 11) is 0. The molecule has 1 amide bonds. The van der Waals surface area contributed by atoms with Gasteiger partial charge >= 0.3 is 0 Å². The molecule has 3 nitrogen and oxygen atoms in total. The summed E-state index contributed by atoms with van der Waals surface area (Å²) < 4.78 is 0. The summed E-state index contributed by atoms with van der Waals surface area (Å²) in [5, 5.41) is 8.65. The van der Waals surface area contributed by atoms with Gasteiger partial charge in [-0.3, -0.25) is 4.79 Å². The molecule has 2 unspecified atom stereocenters. The molecule has 0 aromatic carbocycles. The number of hydrogen-bond acceptors (Lipinski definition) is 3. The highest BCUT2D eigenvalue weighted by atomic mass is 32.1. The van der Waals surface area contributed by atoms with Crippen LogP contribution in [0.4, 0.5) is 0 Å². The number of carbonyl (C=O) groups excluding carboxylic acids is 1. The minimum Gasteiger partial charge on any atom is -0.348 e. The average Bonchev–Trinajstić information content (AvgIpc) is 3.12. The Hall–Kier alpha value is -0.870. The second-order valence-electron chi connectivity index (χ2n) is 5.27. The van der Waals surface area contributed by atoms with Crippen LogP contribution in [0, 0.1) is 11.8 Å². The quantitative estimate of drug-likeness (QED) is 0.841. The molecule has 1 saturated heterocycles. The summed E-state index contributed by atoms with van der Waals surface area (Å²) in [5.41, 5.74) is 0. The number of rotatable bonds is 6. The van der Waals surface area contributed by atoms with E-state index in [1.165, 1.54) is 4.88 Å². The summed E-state index contributed by atoms with van der Waals surface area (Å²) in [6.45, 7) is 6.20. The first kappa shape index (κ1) is 14.5. The molecule has 2 N–H and O–H groups in total. The standard InChI is InChI=1S/C15H24N2OS/c1-3-11(4-2)14(13-6-5-9-19-13)17-15(18)12-7-8-16-10-12/h5-6,9,11-12,14,16H,3-4,7-8,10H2,1-2H3,(H,17,18). The van der Waals surface area contributed by atoms with Gasteiger partial charge in [0.05, 0.1) is 12.0 Å². The van der Waals surface area contributed by atoms with Gasteiger partial charge in [-0.25, -0.2) is 0 Å². The Kier molecular flexibility index (Phi) is 5.40. The molecule has 1 aliphatic rings. The van der Waals surface area contributed by atoms with E-state index in [1.807, 2.05) is 0 Å². The highest BCUT2D eigenvalue weighted by Gasteiger charge is 2.28. The van der Waals surface area contributed by atoms with Crippen LogP contribution < -0.4 is 10.6 Å². The maximum absolute atomic E-state index is 12.3. The molecule has 1 aromatic rings. The Morgan fingerprint density at radius 2 is 2.32 bits per heavy atom. The van der Waals surface area contributed by atoms with E-state index in [4.69, 9.17) is 0 Å². The molecular formula is C15H24N2OS. The first-order chi connectivity index (χ1) is 9.26. The highest BCUT2D eigenvalue weighted by Crippen LogP contribution is 2.30. The van der Waals surface area contributed by atoms with Gasteiger partial charge in [-0.2, -0.15) is 0 Å². The molecule has 0 bridgehead atoms. The largest absolute Gasteiger partial charge is 0.348 e. The van der Waals surface area contributed by atoms with Crippen LogP contribution in [0.2, 0.25) is 0 Å². The lowest BCUT2D eigenvalue weighted by Crippen LogP contribution is -2.37. The van der Waals surface area contributed by atoms with Gasteiger partial charge in [-0.05, 0) is 30.3 Å². The third-order valence-corrected chi connectivity index (χ3v) is 5.05. The first-order valence-electron chi connectivity index (χ1n) is 7.30. The Labute approximate surface area is 119 Å². The van der Waals surface area contributed by atoms with Gasteiger partial charge in [0.1, 0.15) is 0 Å². The van der Waals surface area contributed by atoms with Crippen molar-refractivity contribution in [1.82, 2.24) is 10.6 Å². The summed E-state index contributed by atoms with van der Waals surface area (Å²) in [4.78, 5) is 13.6. The lowest BCUT2D eigenvalue weighted by Gasteiger charge is -2.26. The molecule has 106 valence electrons. The molecule has 0 saturated carbocycles. The Morgan fingerprint density at radius 3 is 2.84 bits per heavy atom. The summed E-state index contributed by atoms with van der Waals surface area (Å²) in [6.07, 6.45) is 3.16. The second-order valence-corrected chi connectivity index (χ2v) is 6.25. The molecule has 19 heavy (non-hydrogen) atoms. The minimum atomic E-state index is 0.150. The minimum absolute atomic E-state index is 0.150. The van der Waals surface area contributed by atoms with Gasteiger partial charge in [-0.1, -0.05) is 32.8 Å². The predicted molar refractivity (Wildman–Crippen MR) is 80.3 cm³/mol. The number of thiophene rings is 1. The molecule has 0 aliphatic carbocycles. The van der Waals surface area contributed by atoms with Crippen LogP contribution >= 0.6 is 11.3 Å². The Bertz CT molecular complexity index is 381. The number of hydrogen-bond donors (Lipinski definition) is 2. The zero-order chi connectivity index (χ0) is 13.7. The van der Waals surface area contributed by atoms with Gasteiger partial charge in [0.25, 0.3) is 0 Å². The molecular weight excluding hydrogens is 256 g/mol. The van der Waals surface area contributed by atoms with Gasteiger partial charge in [0, 0.05) is 11.4 Å². The van der Waals surface area contributed by atoms with E-state index in [0.29, 0.717) is 5.92 Å². The van der Waals surface area contributed by atoms with Crippen molar-refractivity contribution in [2.45, 2.75) is 39.2 Å². The predicted octanol–water partition coefficient (Wildman–Crippen LogP) is 2.95. The van der Waals surface area contributed by atoms with Crippen LogP contribution in [-0.2, 0) is 4.79 Å². The van der Waals surface area contributed by atoms with Crippen LogP contribution in [0.5, 0.6) is 0 Å². The lowest BCUT2D eigenvalue weighted by molar-refractivity contribution is -0.125. The van der Waals surface area contributed by atoms with Gasteiger partial charge in [-0.15, -0.1) is 11.3 Å². The van der Waals surface area contributed by atoms with E-state index in [1.54, 1.807) is 11.3 Å². The number of carbonyl (C=O) groups is 1. The third kappa shape index (κ3) is 3.57. The van der Waals surface area contributed by atoms with Crippen molar-refractivity contribution in [2.75, 3.05) is 13.1 Å². The van der Waals surface area contributed by atoms with Crippen molar-refractivity contribution < 1.29 is 4.79 Å². The van der Waals surface area contributed by atoms with E-state index < -0.39 is 0 Å². The van der Waals surface area contributed by atoms with Gasteiger partial charge < -0.3 is 10.6 Å². The first-order valence-corrected chi connectivity index (χ1v) is 8.18. The molecule has 1 aliphatic heterocycles. The molecule has 1 fully saturated rings. The number of nitrogens with one attached hydrogen (secondary N) is 2. The van der Waals surface area contributed by atoms with Crippen LogP contribution in [0.15, 0.2) is 17.5 Å². The molecule has 2 heterocycles. The summed E-state index contributed by atoms with van der Waals surface area (Å²) >= 11 is 1.74. The Balaban J connectivity index is 2.07. The zero-order valence-electron chi connectivity index (χ0n) is 11.8. The second kappa shape index (κ2) is 7.06. The molecule has 2 atom stereocenters. The maximum atomic E-state index is 12.3. The van der Waals surface area contributed by atoms with E-state index >= 15 is 0 Å². The van der Waals surface area contributed by atoms with Crippen molar-refractivity contribution in [3.8, 4) is 0 Å². The van der Waals surface area contributed by atoms with Crippen LogP contribution in [-0.4, -0.2) is 19.0 Å². The van der Waals surface area contributed by atoms with Crippen molar-refractivity contribution in [1.29, 1.82) is 0 Å². The third-order valence-electron chi connectivity index (χ3n) is 4.10. The monoisotopic (exact) mass is 280 g/mol. The van der Waals surface area contributed by atoms with E-state index in [9.17, 15) is 4.79 Å². The molecule has 0 radical (unpaired) electrons. The molecule has 2 rings (SSSR count). The fourth-order valence-electron chi connectivity index (χ4n) is 2.80. The normalized spacial score (nSPS) is 20.7. The average molecular weight is 280 g/mol. The van der Waals surface area contributed by atoms with Crippen LogP contribution in [0.25, 0.3) is 0 Å². The summed E-state index contributed by atoms with van der Waals surface area (Å²) in [6, 6.07) is 4.39. The smallest absolute Gasteiger partial charge is 0.224 e. The summed E-state index contributed by atoms with van der Waals surface area (Å²) in [5.74, 6) is 0.893. The maximum Gasteiger partial charge on any atom is 0.224 e. The SMILES string of the molecule is CCC(CC)C(NC(=O)C1CCNC1)c1cccs1. The van der Waals surface area contributed by atoms with Gasteiger partial charge in [0.15, 0.2) is 0 Å². The fraction of sp³-hybridized carbons (Fsp3) is 0.667. The fourth-order valence-corrected chi connectivity index (χ4v) is 3.67. The number of amides is 1. The van der Waals surface area contributed by atoms with Crippen molar-refractivity contribution in [3.05, 3.63) is 22.4 Å². The Morgan fingerprint density at radius 1 is 1.53 bits per heavy atom. The lowest BCUT2D eigenvalue weighted by atomic mass is 9.92. The van der Waals surface area contributed by atoms with Crippen molar-refractivity contribution in [2.24, 2.45) is 11.8 Å². The molecule has 1 aromatic heterocycles. The van der Waals surface area contributed by atoms with Crippen LogP contribution in [0.1, 0.15) is 44.0 Å². The van der Waals surface area contributed by atoms with Crippen molar-refractivity contribution >= 4 is 17.2 Å². The highest BCUT2D eigenvalue weighted by molar-refractivity contribution is 7.10. The molecule has 4 heteroatoms. The van der Waals surface area contributed by atoms with E-state index in [0.717, 1.165) is 32.4 Å². The zero-order valence-corrected chi connectivity index (χ0v) is 12.6. The van der Waals surface area contributed by atoms with E-state index in [2.05, 4.69) is 42.0 Å². The van der Waals surface area contributed by atoms with Gasteiger partial charge in [0.2, 0.25) is 5.91 Å². The van der Waals surface area contributed by atoms with E-state index in [-0.39, 0.29) is 17.9 Å². The topological polar surface area (TPSA) is 41.1 Å². The molecule has 0 spiro atoms. The van der Waals surface area contributed by atoms with Crippen molar-refractivity contribution in [3.63, 3.8) is 0 Å². The van der Waals surface area contributed by atoms with Crippen LogP contribution in [0.3, 0.4) is 0 Å².